The molecule has 0 spiro atoms. The van der Waals surface area contributed by atoms with Gasteiger partial charge in [-0.05, 0) is 39.0 Å². The highest BCUT2D eigenvalue weighted by atomic mass is 35.5. The molecule has 0 radical (unpaired) electrons. The molecule has 27 heavy (non-hydrogen) atoms. The minimum Gasteiger partial charge on any atom is -0.388 e. The van der Waals surface area contributed by atoms with Gasteiger partial charge in [-0.15, -0.1) is 23.4 Å². The molecule has 4 N–H and O–H groups in total. The highest BCUT2D eigenvalue weighted by molar-refractivity contribution is 7.99. The summed E-state index contributed by atoms with van der Waals surface area (Å²) in [7, 11) is 1.94. The topological polar surface area (TPSA) is 102 Å². The maximum atomic E-state index is 12.9. The SMILES string of the molecule is CCC[C@H]1C[C@@H](C(=O)N[C@H]([C@H]2O[C@@H](SC)[C@H](O)[C@@H](O)[C@H]2O)[C@@H](C)Cl)N(C)C1. The minimum absolute atomic E-state index is 0.147. The van der Waals surface area contributed by atoms with Gasteiger partial charge in [0, 0.05) is 6.54 Å². The number of hydrogen-bond donors (Lipinski definition) is 4. The van der Waals surface area contributed by atoms with Crippen molar-refractivity contribution in [3.63, 3.8) is 0 Å². The van der Waals surface area contributed by atoms with Crippen LogP contribution in [0.15, 0.2) is 0 Å². The molecule has 158 valence electrons. The second kappa shape index (κ2) is 10.1. The fourth-order valence-corrected chi connectivity index (χ4v) is 5.00. The Balaban J connectivity index is 2.09. The van der Waals surface area contributed by atoms with Gasteiger partial charge < -0.3 is 25.4 Å². The standard InChI is InChI=1S/C18H33ClN2O5S/c1-5-6-10-7-11(21(3)8-10)17(25)20-12(9(2)19)16-14(23)13(22)15(24)18(26-16)27-4/h9-16,18,22-24H,5-8H2,1-4H3,(H,20,25)/t9-,10+,11+,12+,13+,14-,15-,16-,18+/m1/s1. The van der Waals surface area contributed by atoms with Gasteiger partial charge in [-0.1, -0.05) is 13.3 Å². The number of thioether (sulfide) groups is 1. The molecule has 9 atom stereocenters. The Labute approximate surface area is 170 Å². The summed E-state index contributed by atoms with van der Waals surface area (Å²) in [4.78, 5) is 14.9. The van der Waals surface area contributed by atoms with Crippen molar-refractivity contribution in [2.45, 2.75) is 80.4 Å². The van der Waals surface area contributed by atoms with E-state index in [0.29, 0.717) is 5.92 Å². The Hall–Kier alpha value is -0.0900. The summed E-state index contributed by atoms with van der Waals surface area (Å²) in [6.07, 6.45) is -0.0980. The number of aliphatic hydroxyl groups is 3. The summed E-state index contributed by atoms with van der Waals surface area (Å²) in [6.45, 7) is 4.74. The van der Waals surface area contributed by atoms with Crippen LogP contribution >= 0.6 is 23.4 Å². The fraction of sp³-hybridized carbons (Fsp3) is 0.944. The van der Waals surface area contributed by atoms with Crippen LogP contribution in [-0.2, 0) is 9.53 Å². The van der Waals surface area contributed by atoms with Gasteiger partial charge in [0.15, 0.2) is 0 Å². The predicted octanol–water partition coefficient (Wildman–Crippen LogP) is 0.390. The zero-order valence-electron chi connectivity index (χ0n) is 16.4. The van der Waals surface area contributed by atoms with Crippen molar-refractivity contribution in [3.05, 3.63) is 0 Å². The van der Waals surface area contributed by atoms with Crippen LogP contribution in [0.2, 0.25) is 0 Å². The van der Waals surface area contributed by atoms with Crippen molar-refractivity contribution < 1.29 is 24.9 Å². The molecular formula is C18H33ClN2O5S. The number of aliphatic hydroxyl groups excluding tert-OH is 3. The van der Waals surface area contributed by atoms with Crippen molar-refractivity contribution in [1.29, 1.82) is 0 Å². The number of rotatable bonds is 7. The van der Waals surface area contributed by atoms with Gasteiger partial charge in [0.1, 0.15) is 29.9 Å². The maximum Gasteiger partial charge on any atom is 0.237 e. The number of halogens is 1. The summed E-state index contributed by atoms with van der Waals surface area (Å²) in [5, 5.41) is 33.0. The number of amides is 1. The van der Waals surface area contributed by atoms with E-state index in [1.54, 1.807) is 13.2 Å². The van der Waals surface area contributed by atoms with Crippen molar-refractivity contribution >= 4 is 29.3 Å². The number of carbonyl (C=O) groups is 1. The van der Waals surface area contributed by atoms with E-state index in [-0.39, 0.29) is 11.9 Å². The minimum atomic E-state index is -1.36. The first kappa shape index (κ1) is 23.2. The zero-order chi connectivity index (χ0) is 20.3. The molecule has 0 aliphatic carbocycles. The van der Waals surface area contributed by atoms with Crippen molar-refractivity contribution in [3.8, 4) is 0 Å². The van der Waals surface area contributed by atoms with E-state index in [0.717, 1.165) is 25.8 Å². The summed E-state index contributed by atoms with van der Waals surface area (Å²) in [5.74, 6) is 0.350. The number of ether oxygens (including phenoxy) is 1. The number of nitrogens with one attached hydrogen (secondary N) is 1. The number of nitrogens with zero attached hydrogens (tertiary/aromatic N) is 1. The van der Waals surface area contributed by atoms with Gasteiger partial charge in [-0.3, -0.25) is 9.69 Å². The maximum absolute atomic E-state index is 12.9. The monoisotopic (exact) mass is 424 g/mol. The second-order valence-corrected chi connectivity index (χ2v) is 9.36. The molecule has 7 nitrogen and oxygen atoms in total. The van der Waals surface area contributed by atoms with E-state index < -0.39 is 41.3 Å². The summed E-state index contributed by atoms with van der Waals surface area (Å²) >= 11 is 7.55. The summed E-state index contributed by atoms with van der Waals surface area (Å²) < 4.78 is 5.79. The predicted molar refractivity (Wildman–Crippen MR) is 107 cm³/mol. The smallest absolute Gasteiger partial charge is 0.237 e. The Morgan fingerprint density at radius 2 is 2.00 bits per heavy atom. The normalized spacial score (nSPS) is 39.9. The number of likely N-dealkylation sites (tertiary alicyclic amines) is 1. The van der Waals surface area contributed by atoms with Crippen LogP contribution in [0.4, 0.5) is 0 Å². The van der Waals surface area contributed by atoms with Gasteiger partial charge in [0.05, 0.1) is 17.5 Å². The molecule has 0 unspecified atom stereocenters. The highest BCUT2D eigenvalue weighted by Gasteiger charge is 2.48. The molecular weight excluding hydrogens is 392 g/mol. The molecule has 0 aromatic rings. The lowest BCUT2D eigenvalue weighted by atomic mass is 9.92. The van der Waals surface area contributed by atoms with E-state index in [4.69, 9.17) is 16.3 Å². The van der Waals surface area contributed by atoms with E-state index in [1.165, 1.54) is 11.8 Å². The van der Waals surface area contributed by atoms with E-state index in [2.05, 4.69) is 12.2 Å². The lowest BCUT2D eigenvalue weighted by Crippen LogP contribution is -2.65. The van der Waals surface area contributed by atoms with Crippen molar-refractivity contribution in [2.24, 2.45) is 5.92 Å². The number of carbonyl (C=O) groups excluding carboxylic acids is 1. The highest BCUT2D eigenvalue weighted by Crippen LogP contribution is 2.31. The molecule has 9 heteroatoms. The quantitative estimate of drug-likeness (QED) is 0.438. The third kappa shape index (κ3) is 5.29. The Morgan fingerprint density at radius 1 is 1.33 bits per heavy atom. The van der Waals surface area contributed by atoms with Crippen LogP contribution in [0.5, 0.6) is 0 Å². The molecule has 0 aromatic carbocycles. The average molecular weight is 425 g/mol. The van der Waals surface area contributed by atoms with Gasteiger partial charge in [-0.2, -0.15) is 0 Å². The first-order chi connectivity index (χ1) is 12.7. The summed E-state index contributed by atoms with van der Waals surface area (Å²) in [6, 6.07) is -0.934. The van der Waals surface area contributed by atoms with Gasteiger partial charge in [0.25, 0.3) is 0 Å². The van der Waals surface area contributed by atoms with Crippen LogP contribution in [0, 0.1) is 5.92 Å². The van der Waals surface area contributed by atoms with Crippen LogP contribution in [0.3, 0.4) is 0 Å². The molecule has 2 heterocycles. The molecule has 1 amide bonds. The van der Waals surface area contributed by atoms with Crippen molar-refractivity contribution in [2.75, 3.05) is 19.8 Å². The Bertz CT molecular complexity index is 498. The van der Waals surface area contributed by atoms with E-state index in [9.17, 15) is 20.1 Å². The first-order valence-corrected chi connectivity index (χ1v) is 11.3. The second-order valence-electron chi connectivity index (χ2n) is 7.73. The summed E-state index contributed by atoms with van der Waals surface area (Å²) in [5.41, 5.74) is -0.702. The molecule has 0 aromatic heterocycles. The third-order valence-electron chi connectivity index (χ3n) is 5.63. The number of likely N-dealkylation sites (N-methyl/N-ethyl adjacent to an activating group) is 1. The molecule has 2 rings (SSSR count). The van der Waals surface area contributed by atoms with Crippen LogP contribution in [0.25, 0.3) is 0 Å². The zero-order valence-corrected chi connectivity index (χ0v) is 18.0. The van der Waals surface area contributed by atoms with Crippen molar-refractivity contribution in [1.82, 2.24) is 10.2 Å². The molecule has 2 aliphatic heterocycles. The van der Waals surface area contributed by atoms with Gasteiger partial charge in [-0.25, -0.2) is 0 Å². The molecule has 2 aliphatic rings. The Kier molecular flexibility index (Phi) is 8.67. The van der Waals surface area contributed by atoms with Crippen LogP contribution < -0.4 is 5.32 Å². The van der Waals surface area contributed by atoms with E-state index in [1.807, 2.05) is 11.9 Å². The number of hydrogen-bond acceptors (Lipinski definition) is 7. The lowest BCUT2D eigenvalue weighted by Gasteiger charge is -2.44. The largest absolute Gasteiger partial charge is 0.388 e. The third-order valence-corrected chi connectivity index (χ3v) is 6.76. The Morgan fingerprint density at radius 3 is 2.56 bits per heavy atom. The average Bonchev–Trinajstić information content (AvgIpc) is 2.99. The van der Waals surface area contributed by atoms with E-state index >= 15 is 0 Å². The van der Waals surface area contributed by atoms with Crippen LogP contribution in [0.1, 0.15) is 33.1 Å². The molecule has 2 fully saturated rings. The fourth-order valence-electron chi connectivity index (χ4n) is 4.11. The number of alkyl halides is 1. The van der Waals surface area contributed by atoms with Gasteiger partial charge >= 0.3 is 0 Å². The first-order valence-electron chi connectivity index (χ1n) is 9.58. The van der Waals surface area contributed by atoms with Crippen LogP contribution in [-0.4, -0.2) is 93.3 Å². The molecule has 0 saturated carbocycles. The lowest BCUT2D eigenvalue weighted by molar-refractivity contribution is -0.205. The molecule has 2 saturated heterocycles. The molecule has 0 bridgehead atoms. The van der Waals surface area contributed by atoms with Gasteiger partial charge in [0.2, 0.25) is 5.91 Å².